The maximum atomic E-state index is 13.8. The van der Waals surface area contributed by atoms with Crippen LogP contribution in [0.15, 0.2) is 247 Å². The molecule has 0 heterocycles. The first-order chi connectivity index (χ1) is 60.3. The molecule has 6 N–H and O–H groups in total. The van der Waals surface area contributed by atoms with Gasteiger partial charge in [-0.05, 0) is 309 Å². The van der Waals surface area contributed by atoms with Gasteiger partial charge in [-0.1, -0.05) is 246 Å². The first-order valence-electron chi connectivity index (χ1n) is 47.4. The lowest BCUT2D eigenvalue weighted by molar-refractivity contribution is -0.128. The fourth-order valence-corrected chi connectivity index (χ4v) is 17.2. The zero-order valence-electron chi connectivity index (χ0n) is 81.9. The number of carbonyl (C=O) groups is 8. The van der Waals surface area contributed by atoms with E-state index >= 15 is 0 Å². The van der Waals surface area contributed by atoms with E-state index in [0.717, 1.165) is 83.1 Å². The van der Waals surface area contributed by atoms with Gasteiger partial charge in [0, 0.05) is 126 Å². The van der Waals surface area contributed by atoms with Crippen LogP contribution in [-0.4, -0.2) is 86.3 Å². The van der Waals surface area contributed by atoms with Crippen LogP contribution in [0.1, 0.15) is 325 Å². The monoisotopic (exact) mass is 1960 g/mol. The summed E-state index contributed by atoms with van der Waals surface area (Å²) >= 11 is 4.24. The number of hydrogen-bond acceptors (Lipinski definition) is 8. The van der Waals surface area contributed by atoms with E-state index in [9.17, 15) is 38.4 Å². The Morgan fingerprint density at radius 2 is 0.575 bits per heavy atom. The van der Waals surface area contributed by atoms with Crippen molar-refractivity contribution in [2.75, 3.05) is 39.3 Å². The number of carbonyl (C=O) groups excluding carboxylic acids is 8. The lowest BCUT2D eigenvalue weighted by atomic mass is 9.72. The van der Waals surface area contributed by atoms with Crippen LogP contribution < -0.4 is 31.9 Å². The van der Waals surface area contributed by atoms with Gasteiger partial charge in [0.1, 0.15) is 0 Å². The molecule has 0 aliphatic heterocycles. The van der Waals surface area contributed by atoms with Crippen LogP contribution in [-0.2, 0) is 38.4 Å². The van der Waals surface area contributed by atoms with Crippen LogP contribution in [0.25, 0.3) is 0 Å². The molecule has 0 bridgehead atoms. The number of hydrogen-bond donors (Lipinski definition) is 6. The molecule has 16 heteroatoms. The largest absolute Gasteiger partial charge is 0.356 e. The third-order valence-corrected chi connectivity index (χ3v) is 24.8. The zero-order chi connectivity index (χ0) is 94.4. The summed E-state index contributed by atoms with van der Waals surface area (Å²) in [6.07, 6.45) is 75.0. The Morgan fingerprint density at radius 3 is 0.882 bits per heavy atom. The number of rotatable bonds is 53. The van der Waals surface area contributed by atoms with Gasteiger partial charge in [-0.2, -0.15) is 0 Å². The van der Waals surface area contributed by atoms with E-state index in [4.69, 9.17) is 0 Å². The Morgan fingerprint density at radius 1 is 0.307 bits per heavy atom. The maximum Gasteiger partial charge on any atom is 0.244 e. The van der Waals surface area contributed by atoms with Crippen LogP contribution in [0.5, 0.6) is 0 Å². The van der Waals surface area contributed by atoms with Gasteiger partial charge >= 0.3 is 0 Å². The molecule has 4 rings (SSSR count). The number of ketones is 2. The van der Waals surface area contributed by atoms with Gasteiger partial charge in [0.2, 0.25) is 35.4 Å². The summed E-state index contributed by atoms with van der Waals surface area (Å²) in [6.45, 7) is 46.1. The van der Waals surface area contributed by atoms with E-state index in [-0.39, 0.29) is 94.4 Å². The predicted octanol–water partition coefficient (Wildman–Crippen LogP) is 27.1. The van der Waals surface area contributed by atoms with Crippen molar-refractivity contribution >= 4 is 84.2 Å². The standard InChI is InChI=1S/C111H164N6O8.I2/c1-82(58-62-98-90(9)50-38-66-108(98,13)14)42-24-21-25-43-86(5)76-96(118)80-94(54-26-32-72-114-104(122)78-88(7)48-35-45-84(3)60-64-100-92(11)52-40-68-110(100,17)18)106(124)116-74-30-22-28-70-112-102(120)56-37-57-103(121)113-71-29-23-31-75-117-107(125)95(81-97(119)77-87(6)47-34-44-83(2)59-63-99-91(10)51-39-67-109(99,15)16)55-27-33-73-115-105(123)79-89(8)49-36-46-85(4)61-65-101-93(12)53-41-69-111(101,19)20;1-2/h21,24-25,34-36,42-49,58-65,76-79,94-95H,22-23,26-33,37-41,50-57,66-75,80-81H2,1-20H3,(H,112,120)(H,113,121)(H,114,122)(H,115,123)(H,116,124)(H,117,125);/b24-21+,43-25+,47-34+,48-35+,49-36+,62-58+,63-59+,64-60+,65-61+,82-42+,83-44+,84-45+,85-46+,86-76+,87-77+,88-78+,89-79+;. The summed E-state index contributed by atoms with van der Waals surface area (Å²) in [5.74, 6) is -2.29. The summed E-state index contributed by atoms with van der Waals surface area (Å²) in [6, 6.07) is 0. The molecule has 0 aromatic carbocycles. The molecule has 0 aromatic heterocycles. The fourth-order valence-electron chi connectivity index (χ4n) is 17.2. The molecule has 4 aliphatic rings. The van der Waals surface area contributed by atoms with E-state index in [0.29, 0.717) is 110 Å². The summed E-state index contributed by atoms with van der Waals surface area (Å²) < 4.78 is 0. The first kappa shape index (κ1) is 113. The summed E-state index contributed by atoms with van der Waals surface area (Å²) in [7, 11) is 0. The highest BCUT2D eigenvalue weighted by Crippen LogP contribution is 2.44. The number of amides is 6. The molecular formula is C111H164I2N6O8. The minimum atomic E-state index is -0.546. The molecule has 2 atom stereocenters. The normalized spacial score (nSPS) is 18.3. The summed E-state index contributed by atoms with van der Waals surface area (Å²) in [5.41, 5.74) is 20.0. The Kier molecular flexibility index (Phi) is 55.7. The van der Waals surface area contributed by atoms with Crippen LogP contribution >= 0.6 is 37.2 Å². The van der Waals surface area contributed by atoms with Crippen LogP contribution in [0, 0.1) is 33.5 Å². The lowest BCUT2D eigenvalue weighted by Crippen LogP contribution is -2.33. The summed E-state index contributed by atoms with van der Waals surface area (Å²) in [5, 5.41) is 18.1. The Labute approximate surface area is 793 Å². The molecule has 127 heavy (non-hydrogen) atoms. The number of unbranched alkanes of at least 4 members (excludes halogenated alkanes) is 6. The van der Waals surface area contributed by atoms with Gasteiger partial charge in [0.25, 0.3) is 0 Å². The highest BCUT2D eigenvalue weighted by Gasteiger charge is 2.31. The van der Waals surface area contributed by atoms with Crippen molar-refractivity contribution in [3.8, 4) is 0 Å². The minimum absolute atomic E-state index is 0.0616. The first-order valence-corrected chi connectivity index (χ1v) is 53.7. The molecule has 14 nitrogen and oxygen atoms in total. The van der Waals surface area contributed by atoms with E-state index in [1.807, 2.05) is 94.5 Å². The Hall–Kier alpha value is -7.84. The molecule has 0 radical (unpaired) electrons. The van der Waals surface area contributed by atoms with Crippen LogP contribution in [0.3, 0.4) is 0 Å². The van der Waals surface area contributed by atoms with Crippen molar-refractivity contribution < 1.29 is 38.4 Å². The molecule has 6 amide bonds. The van der Waals surface area contributed by atoms with E-state index < -0.39 is 11.8 Å². The van der Waals surface area contributed by atoms with Gasteiger partial charge in [0.05, 0.1) is 0 Å². The lowest BCUT2D eigenvalue weighted by Gasteiger charge is -2.33. The third-order valence-electron chi connectivity index (χ3n) is 24.8. The highest BCUT2D eigenvalue weighted by atomic mass is 128. The zero-order valence-corrected chi connectivity index (χ0v) is 86.3. The smallest absolute Gasteiger partial charge is 0.244 e. The van der Waals surface area contributed by atoms with Crippen molar-refractivity contribution in [3.63, 3.8) is 0 Å². The average molecular weight is 1960 g/mol. The van der Waals surface area contributed by atoms with Crippen molar-refractivity contribution in [2.45, 2.75) is 325 Å². The van der Waals surface area contributed by atoms with Gasteiger partial charge in [0.15, 0.2) is 11.6 Å². The maximum absolute atomic E-state index is 13.8. The molecule has 0 saturated carbocycles. The second-order valence-corrected chi connectivity index (χ2v) is 38.6. The SMILES string of the molecule is CC1=C(/C=C/C(C)=C/C=C/C=C/C(C)=C/C(=O)CC(CCCCNC(=O)/C=C(C)/C=C/C=C(C)/C=C/C2=C(C)CCCC2(C)C)C(=O)NCCCCCNC(=O)CCCC(=O)NCCCCCNC(=O)C(CCCCNC(=O)/C=C(C)/C=C/C=C(C)/C=C/C2=C(C)CCCC2(C)C)CC(=O)/C=C(C)/C=C/C=C(C)/C=C/C2=C(C)CCCC2(C)C)C(C)(C)CCC1.II. The number of nitrogens with one attached hydrogen (secondary N) is 6. The molecule has 4 aliphatic carbocycles. The van der Waals surface area contributed by atoms with E-state index in [1.54, 1.807) is 24.3 Å². The highest BCUT2D eigenvalue weighted by molar-refractivity contribution is 15.0. The molecule has 0 aromatic rings. The van der Waals surface area contributed by atoms with Crippen molar-refractivity contribution in [2.24, 2.45) is 33.5 Å². The Bertz CT molecular complexity index is 4330. The third kappa shape index (κ3) is 49.1. The molecule has 0 fully saturated rings. The second-order valence-electron chi connectivity index (χ2n) is 38.6. The molecule has 0 spiro atoms. The average Bonchev–Trinajstić information content (AvgIpc) is 0.835. The van der Waals surface area contributed by atoms with Crippen LogP contribution in [0.4, 0.5) is 0 Å². The molecular weight excluding hydrogens is 1800 g/mol. The molecule has 0 saturated heterocycles. The van der Waals surface area contributed by atoms with Crippen LogP contribution in [0.2, 0.25) is 0 Å². The topological polar surface area (TPSA) is 209 Å². The van der Waals surface area contributed by atoms with Crippen molar-refractivity contribution in [3.05, 3.63) is 247 Å². The quantitative estimate of drug-likeness (QED) is 0.0149. The Balaban J connectivity index is 0.0000206. The number of allylic oxidation sites excluding steroid dienone is 40. The van der Waals surface area contributed by atoms with Gasteiger partial charge < -0.3 is 31.9 Å². The summed E-state index contributed by atoms with van der Waals surface area (Å²) in [4.78, 5) is 106. The fraction of sp³-hybridized carbons (Fsp3) is 0.550. The predicted molar refractivity (Wildman–Crippen MR) is 555 cm³/mol. The van der Waals surface area contributed by atoms with Gasteiger partial charge in [-0.3, -0.25) is 38.4 Å². The minimum Gasteiger partial charge on any atom is -0.356 e. The second kappa shape index (κ2) is 62.4. The van der Waals surface area contributed by atoms with Crippen molar-refractivity contribution in [1.82, 2.24) is 31.9 Å². The van der Waals surface area contributed by atoms with Gasteiger partial charge in [-0.25, -0.2) is 0 Å². The van der Waals surface area contributed by atoms with E-state index in [1.165, 1.54) is 96.0 Å². The number of halogens is 2. The van der Waals surface area contributed by atoms with Gasteiger partial charge in [-0.15, -0.1) is 0 Å². The van der Waals surface area contributed by atoms with E-state index in [2.05, 4.69) is 247 Å². The van der Waals surface area contributed by atoms with Crippen molar-refractivity contribution in [1.29, 1.82) is 0 Å². The molecule has 2 unspecified atom stereocenters. The molecule has 700 valence electrons.